The van der Waals surface area contributed by atoms with Crippen molar-refractivity contribution in [2.75, 3.05) is 10.6 Å². The Morgan fingerprint density at radius 1 is 1.20 bits per heavy atom. The van der Waals surface area contributed by atoms with Gasteiger partial charge >= 0.3 is 0 Å². The standard InChI is InChI=1S/C17H26N2O/c1-3-17(20)19-15-11-10-13(2)16(12-15)18-14-8-6-4-5-7-9-14/h10-12,14,18H,3-9H2,1-2H3,(H,19,20). The zero-order valence-corrected chi connectivity index (χ0v) is 12.7. The van der Waals surface area contributed by atoms with Crippen molar-refractivity contribution in [3.63, 3.8) is 0 Å². The van der Waals surface area contributed by atoms with E-state index < -0.39 is 0 Å². The molecule has 1 aliphatic carbocycles. The van der Waals surface area contributed by atoms with Crippen LogP contribution in [-0.2, 0) is 4.79 Å². The van der Waals surface area contributed by atoms with Crippen LogP contribution in [-0.4, -0.2) is 11.9 Å². The normalized spacial score (nSPS) is 16.5. The first-order valence-electron chi connectivity index (χ1n) is 7.86. The maximum atomic E-state index is 11.5. The van der Waals surface area contributed by atoms with E-state index in [2.05, 4.69) is 29.7 Å². The van der Waals surface area contributed by atoms with Gasteiger partial charge in [0, 0.05) is 23.8 Å². The van der Waals surface area contributed by atoms with E-state index in [1.165, 1.54) is 44.1 Å². The summed E-state index contributed by atoms with van der Waals surface area (Å²) < 4.78 is 0. The van der Waals surface area contributed by atoms with Gasteiger partial charge in [-0.1, -0.05) is 38.7 Å². The summed E-state index contributed by atoms with van der Waals surface area (Å²) in [7, 11) is 0. The number of carbonyl (C=O) groups is 1. The summed E-state index contributed by atoms with van der Waals surface area (Å²) in [4.78, 5) is 11.5. The number of hydrogen-bond acceptors (Lipinski definition) is 2. The van der Waals surface area contributed by atoms with E-state index in [1.807, 2.05) is 13.0 Å². The lowest BCUT2D eigenvalue weighted by molar-refractivity contribution is -0.115. The fraction of sp³-hybridized carbons (Fsp3) is 0.588. The van der Waals surface area contributed by atoms with E-state index in [-0.39, 0.29) is 5.91 Å². The van der Waals surface area contributed by atoms with Gasteiger partial charge in [0.1, 0.15) is 0 Å². The molecule has 0 saturated heterocycles. The average Bonchev–Trinajstić information content (AvgIpc) is 2.71. The first-order valence-corrected chi connectivity index (χ1v) is 7.86. The number of benzene rings is 1. The van der Waals surface area contributed by atoms with Crippen molar-refractivity contribution < 1.29 is 4.79 Å². The summed E-state index contributed by atoms with van der Waals surface area (Å²) in [5, 5.41) is 6.60. The number of carbonyl (C=O) groups excluding carboxylic acids is 1. The second-order valence-corrected chi connectivity index (χ2v) is 5.76. The zero-order chi connectivity index (χ0) is 14.4. The van der Waals surface area contributed by atoms with Crippen molar-refractivity contribution in [1.82, 2.24) is 0 Å². The smallest absolute Gasteiger partial charge is 0.224 e. The molecule has 1 aromatic rings. The third-order valence-electron chi connectivity index (χ3n) is 4.06. The van der Waals surface area contributed by atoms with Gasteiger partial charge in [-0.2, -0.15) is 0 Å². The fourth-order valence-electron chi connectivity index (χ4n) is 2.75. The SMILES string of the molecule is CCC(=O)Nc1ccc(C)c(NC2CCCCCC2)c1. The van der Waals surface area contributed by atoms with Gasteiger partial charge in [-0.15, -0.1) is 0 Å². The quantitative estimate of drug-likeness (QED) is 0.795. The van der Waals surface area contributed by atoms with Gasteiger partial charge in [0.05, 0.1) is 0 Å². The van der Waals surface area contributed by atoms with Gasteiger partial charge in [-0.25, -0.2) is 0 Å². The maximum absolute atomic E-state index is 11.5. The maximum Gasteiger partial charge on any atom is 0.224 e. The molecular weight excluding hydrogens is 248 g/mol. The Morgan fingerprint density at radius 2 is 1.90 bits per heavy atom. The van der Waals surface area contributed by atoms with Crippen LogP contribution in [0.15, 0.2) is 18.2 Å². The zero-order valence-electron chi connectivity index (χ0n) is 12.7. The lowest BCUT2D eigenvalue weighted by Crippen LogP contribution is -2.19. The van der Waals surface area contributed by atoms with E-state index in [1.54, 1.807) is 0 Å². The molecule has 1 aromatic carbocycles. The third-order valence-corrected chi connectivity index (χ3v) is 4.06. The largest absolute Gasteiger partial charge is 0.382 e. The van der Waals surface area contributed by atoms with Crippen LogP contribution in [0.2, 0.25) is 0 Å². The van der Waals surface area contributed by atoms with Crippen molar-refractivity contribution >= 4 is 17.3 Å². The minimum atomic E-state index is 0.0641. The highest BCUT2D eigenvalue weighted by molar-refractivity contribution is 5.91. The van der Waals surface area contributed by atoms with E-state index in [4.69, 9.17) is 0 Å². The molecule has 3 nitrogen and oxygen atoms in total. The summed E-state index contributed by atoms with van der Waals surface area (Å²) in [6.07, 6.45) is 8.40. The highest BCUT2D eigenvalue weighted by Gasteiger charge is 2.13. The highest BCUT2D eigenvalue weighted by atomic mass is 16.1. The Morgan fingerprint density at radius 3 is 2.55 bits per heavy atom. The highest BCUT2D eigenvalue weighted by Crippen LogP contribution is 2.25. The predicted octanol–water partition coefficient (Wildman–Crippen LogP) is 4.48. The summed E-state index contributed by atoms with van der Waals surface area (Å²) in [6, 6.07) is 6.69. The number of nitrogens with one attached hydrogen (secondary N) is 2. The molecule has 0 unspecified atom stereocenters. The summed E-state index contributed by atoms with van der Waals surface area (Å²) in [5.41, 5.74) is 3.29. The van der Waals surface area contributed by atoms with E-state index >= 15 is 0 Å². The van der Waals surface area contributed by atoms with Crippen molar-refractivity contribution in [2.45, 2.75) is 64.8 Å². The van der Waals surface area contributed by atoms with Gasteiger partial charge in [-0.3, -0.25) is 4.79 Å². The van der Waals surface area contributed by atoms with Crippen molar-refractivity contribution in [2.24, 2.45) is 0 Å². The van der Waals surface area contributed by atoms with Gasteiger partial charge < -0.3 is 10.6 Å². The first kappa shape index (κ1) is 14.9. The molecule has 110 valence electrons. The molecule has 3 heteroatoms. The van der Waals surface area contributed by atoms with E-state index in [0.29, 0.717) is 12.5 Å². The molecule has 1 fully saturated rings. The minimum Gasteiger partial charge on any atom is -0.382 e. The Labute approximate surface area is 122 Å². The van der Waals surface area contributed by atoms with Crippen LogP contribution in [0.3, 0.4) is 0 Å². The minimum absolute atomic E-state index is 0.0641. The van der Waals surface area contributed by atoms with Crippen molar-refractivity contribution in [3.8, 4) is 0 Å². The van der Waals surface area contributed by atoms with Gasteiger partial charge in [0.15, 0.2) is 0 Å². The van der Waals surface area contributed by atoms with Crippen molar-refractivity contribution in [1.29, 1.82) is 0 Å². The lowest BCUT2D eigenvalue weighted by atomic mass is 10.1. The number of aryl methyl sites for hydroxylation is 1. The van der Waals surface area contributed by atoms with E-state index in [9.17, 15) is 4.79 Å². The molecule has 0 aromatic heterocycles. The third kappa shape index (κ3) is 4.26. The Balaban J connectivity index is 2.05. The summed E-state index contributed by atoms with van der Waals surface area (Å²) >= 11 is 0. The first-order chi connectivity index (χ1) is 9.69. The van der Waals surface area contributed by atoms with Crippen LogP contribution in [0.1, 0.15) is 57.4 Å². The topological polar surface area (TPSA) is 41.1 Å². The lowest BCUT2D eigenvalue weighted by Gasteiger charge is -2.20. The van der Waals surface area contributed by atoms with Crippen LogP contribution < -0.4 is 10.6 Å². The van der Waals surface area contributed by atoms with Gasteiger partial charge in [0.2, 0.25) is 5.91 Å². The fourth-order valence-corrected chi connectivity index (χ4v) is 2.75. The van der Waals surface area contributed by atoms with Crippen LogP contribution in [0.4, 0.5) is 11.4 Å². The molecule has 20 heavy (non-hydrogen) atoms. The molecule has 2 N–H and O–H groups in total. The molecule has 0 bridgehead atoms. The number of hydrogen-bond donors (Lipinski definition) is 2. The molecule has 0 aliphatic heterocycles. The van der Waals surface area contributed by atoms with Crippen LogP contribution >= 0.6 is 0 Å². The van der Waals surface area contributed by atoms with Crippen LogP contribution in [0.5, 0.6) is 0 Å². The second kappa shape index (κ2) is 7.32. The average molecular weight is 274 g/mol. The molecule has 0 radical (unpaired) electrons. The molecule has 0 heterocycles. The molecule has 0 atom stereocenters. The number of amides is 1. The van der Waals surface area contributed by atoms with E-state index in [0.717, 1.165) is 11.4 Å². The number of rotatable bonds is 4. The molecule has 1 amide bonds. The summed E-state index contributed by atoms with van der Waals surface area (Å²) in [5.74, 6) is 0.0641. The monoisotopic (exact) mass is 274 g/mol. The van der Waals surface area contributed by atoms with Crippen LogP contribution in [0, 0.1) is 6.92 Å². The molecule has 2 rings (SSSR count). The summed E-state index contributed by atoms with van der Waals surface area (Å²) in [6.45, 7) is 3.98. The van der Waals surface area contributed by atoms with Crippen molar-refractivity contribution in [3.05, 3.63) is 23.8 Å². The predicted molar refractivity (Wildman–Crippen MR) is 85.2 cm³/mol. The molecule has 1 aliphatic rings. The molecule has 1 saturated carbocycles. The molecular formula is C17H26N2O. The Bertz CT molecular complexity index is 448. The number of anilines is 2. The van der Waals surface area contributed by atoms with Gasteiger partial charge in [0.25, 0.3) is 0 Å². The Kier molecular flexibility index (Phi) is 5.45. The van der Waals surface area contributed by atoms with Gasteiger partial charge in [-0.05, 0) is 37.5 Å². The second-order valence-electron chi connectivity index (χ2n) is 5.76. The Hall–Kier alpha value is -1.51. The molecule has 0 spiro atoms. The van der Waals surface area contributed by atoms with Crippen LogP contribution in [0.25, 0.3) is 0 Å².